The van der Waals surface area contributed by atoms with E-state index >= 15 is 0 Å². The lowest BCUT2D eigenvalue weighted by atomic mass is 9.74. The highest BCUT2D eigenvalue weighted by atomic mass is 35.5. The summed E-state index contributed by atoms with van der Waals surface area (Å²) in [7, 11) is 0. The van der Waals surface area contributed by atoms with Gasteiger partial charge in [-0.25, -0.2) is 9.97 Å². The molecular weight excluding hydrogens is 433 g/mol. The molecule has 2 aromatic rings. The maximum Gasteiger partial charge on any atom is 0.401 e. The molecule has 2 heterocycles. The number of alkyl halides is 2. The van der Waals surface area contributed by atoms with E-state index in [0.29, 0.717) is 24.3 Å². The Morgan fingerprint density at radius 3 is 2.50 bits per heavy atom. The van der Waals surface area contributed by atoms with Gasteiger partial charge in [-0.1, -0.05) is 41.8 Å². The second kappa shape index (κ2) is 7.86. The zero-order chi connectivity index (χ0) is 21.7. The number of nitrogens with zero attached hydrogens (tertiary/aromatic N) is 3. The average molecular weight is 457 g/mol. The topological polar surface area (TPSA) is 75.3 Å². The van der Waals surface area contributed by atoms with Gasteiger partial charge in [-0.05, 0) is 44.1 Å². The molecule has 5 nitrogen and oxygen atoms in total. The van der Waals surface area contributed by atoms with Crippen molar-refractivity contribution in [2.75, 3.05) is 18.0 Å². The van der Waals surface area contributed by atoms with Crippen LogP contribution in [0.15, 0.2) is 18.2 Å². The van der Waals surface area contributed by atoms with Crippen LogP contribution in [0.3, 0.4) is 0 Å². The zero-order valence-corrected chi connectivity index (χ0v) is 18.1. The molecule has 0 unspecified atom stereocenters. The first-order chi connectivity index (χ1) is 14.1. The van der Waals surface area contributed by atoms with Gasteiger partial charge in [-0.15, -0.1) is 0 Å². The molecule has 1 aliphatic carbocycles. The standard InChI is InChI=1S/C21H24Cl2F2N4O/c1-12-17(13-4-2-5-14(22)16(13)23)28-18(21(24,25)30)19(27-12)29-10-8-20(9-11-29)7-3-6-15(20)26/h2,4-5,15,30H,3,6-11,26H2,1H3/t15-/m1/s1. The van der Waals surface area contributed by atoms with E-state index in [1.165, 1.54) is 0 Å². The van der Waals surface area contributed by atoms with Crippen LogP contribution >= 0.6 is 23.2 Å². The Morgan fingerprint density at radius 1 is 1.20 bits per heavy atom. The minimum atomic E-state index is -4.14. The van der Waals surface area contributed by atoms with E-state index in [9.17, 15) is 13.9 Å². The molecule has 4 rings (SSSR count). The number of benzene rings is 1. The molecule has 1 aliphatic heterocycles. The van der Waals surface area contributed by atoms with E-state index in [0.717, 1.165) is 32.1 Å². The number of nitrogens with two attached hydrogens (primary N) is 1. The lowest BCUT2D eigenvalue weighted by Crippen LogP contribution is -2.47. The summed E-state index contributed by atoms with van der Waals surface area (Å²) in [6.07, 6.45) is 0.667. The second-order valence-electron chi connectivity index (χ2n) is 8.32. The molecule has 1 saturated carbocycles. The number of anilines is 1. The van der Waals surface area contributed by atoms with E-state index in [1.807, 2.05) is 0 Å². The largest absolute Gasteiger partial charge is 0.401 e. The highest BCUT2D eigenvalue weighted by molar-refractivity contribution is 6.43. The Bertz CT molecular complexity index is 959. The van der Waals surface area contributed by atoms with Crippen LogP contribution in [0.4, 0.5) is 14.6 Å². The fourth-order valence-corrected chi connectivity index (χ4v) is 5.21. The van der Waals surface area contributed by atoms with Crippen molar-refractivity contribution in [3.8, 4) is 11.3 Å². The quantitative estimate of drug-likeness (QED) is 0.686. The number of aliphatic hydroxyl groups is 1. The highest BCUT2D eigenvalue weighted by Gasteiger charge is 2.44. The van der Waals surface area contributed by atoms with Crippen molar-refractivity contribution in [1.29, 1.82) is 0 Å². The first-order valence-electron chi connectivity index (χ1n) is 10.1. The summed E-state index contributed by atoms with van der Waals surface area (Å²) >= 11 is 12.3. The molecule has 0 amide bonds. The number of halogens is 4. The highest BCUT2D eigenvalue weighted by Crippen LogP contribution is 2.47. The SMILES string of the molecule is Cc1nc(N2CCC3(CCC[C@H]3N)CC2)c(C(O)(F)F)nc1-c1cccc(Cl)c1Cl. The summed E-state index contributed by atoms with van der Waals surface area (Å²) in [5.74, 6) is 0.00307. The van der Waals surface area contributed by atoms with Gasteiger partial charge in [0.1, 0.15) is 0 Å². The van der Waals surface area contributed by atoms with Gasteiger partial charge in [0, 0.05) is 24.7 Å². The van der Waals surface area contributed by atoms with Crippen molar-refractivity contribution in [1.82, 2.24) is 9.97 Å². The second-order valence-corrected chi connectivity index (χ2v) is 9.11. The van der Waals surface area contributed by atoms with E-state index in [1.54, 1.807) is 30.0 Å². The van der Waals surface area contributed by atoms with Gasteiger partial charge in [0.15, 0.2) is 11.5 Å². The molecule has 1 spiro atoms. The summed E-state index contributed by atoms with van der Waals surface area (Å²) in [5.41, 5.74) is 6.63. The normalized spacial score (nSPS) is 21.4. The van der Waals surface area contributed by atoms with Crippen LogP contribution in [0.25, 0.3) is 11.3 Å². The lowest BCUT2D eigenvalue weighted by molar-refractivity contribution is -0.211. The van der Waals surface area contributed by atoms with Crippen LogP contribution < -0.4 is 10.6 Å². The van der Waals surface area contributed by atoms with Gasteiger partial charge >= 0.3 is 6.11 Å². The van der Waals surface area contributed by atoms with E-state index in [4.69, 9.17) is 28.9 Å². The number of aromatic nitrogens is 2. The molecule has 9 heteroatoms. The van der Waals surface area contributed by atoms with Gasteiger partial charge in [-0.3, -0.25) is 0 Å². The first-order valence-corrected chi connectivity index (χ1v) is 10.8. The third-order valence-corrected chi connectivity index (χ3v) is 7.40. The number of aryl methyl sites for hydroxylation is 1. The average Bonchev–Trinajstić information content (AvgIpc) is 3.04. The van der Waals surface area contributed by atoms with Crippen molar-refractivity contribution in [2.45, 2.75) is 51.2 Å². The Kier molecular flexibility index (Phi) is 5.68. The van der Waals surface area contributed by atoms with Crippen LogP contribution in [0, 0.1) is 12.3 Å². The number of rotatable bonds is 3. The third-order valence-electron chi connectivity index (χ3n) is 6.58. The molecule has 0 radical (unpaired) electrons. The maximum absolute atomic E-state index is 14.2. The molecule has 2 fully saturated rings. The number of hydrogen-bond donors (Lipinski definition) is 2. The smallest absolute Gasteiger partial charge is 0.355 e. The number of piperidine rings is 1. The Balaban J connectivity index is 1.72. The number of hydrogen-bond acceptors (Lipinski definition) is 5. The molecule has 1 saturated heterocycles. The Labute approximate surface area is 184 Å². The summed E-state index contributed by atoms with van der Waals surface area (Å²) in [5, 5.41) is 10.1. The van der Waals surface area contributed by atoms with E-state index in [-0.39, 0.29) is 33.0 Å². The van der Waals surface area contributed by atoms with E-state index in [2.05, 4.69) is 9.97 Å². The summed E-state index contributed by atoms with van der Waals surface area (Å²) in [6.45, 7) is 2.77. The molecule has 162 valence electrons. The summed E-state index contributed by atoms with van der Waals surface area (Å²) < 4.78 is 28.4. The van der Waals surface area contributed by atoms with Gasteiger partial charge in [-0.2, -0.15) is 8.78 Å². The third kappa shape index (κ3) is 3.77. The minimum Gasteiger partial charge on any atom is -0.355 e. The van der Waals surface area contributed by atoms with Crippen LogP contribution in [0.1, 0.15) is 43.5 Å². The van der Waals surface area contributed by atoms with Crippen molar-refractivity contribution in [3.63, 3.8) is 0 Å². The fourth-order valence-electron chi connectivity index (χ4n) is 4.82. The van der Waals surface area contributed by atoms with Crippen LogP contribution in [0.2, 0.25) is 10.0 Å². The van der Waals surface area contributed by atoms with Gasteiger partial charge in [0.2, 0.25) is 0 Å². The van der Waals surface area contributed by atoms with Crippen molar-refractivity contribution >= 4 is 29.0 Å². The predicted molar refractivity (Wildman–Crippen MR) is 114 cm³/mol. The molecule has 1 atom stereocenters. The Morgan fingerprint density at radius 2 is 1.90 bits per heavy atom. The molecule has 3 N–H and O–H groups in total. The zero-order valence-electron chi connectivity index (χ0n) is 16.6. The van der Waals surface area contributed by atoms with Crippen LogP contribution in [0.5, 0.6) is 0 Å². The van der Waals surface area contributed by atoms with E-state index < -0.39 is 11.8 Å². The molecular formula is C21H24Cl2F2N4O. The monoisotopic (exact) mass is 456 g/mol. The molecule has 2 aliphatic rings. The molecule has 30 heavy (non-hydrogen) atoms. The predicted octanol–water partition coefficient (Wildman–Crippen LogP) is 4.90. The van der Waals surface area contributed by atoms with Crippen molar-refractivity contribution < 1.29 is 13.9 Å². The van der Waals surface area contributed by atoms with Gasteiger partial charge < -0.3 is 15.7 Å². The van der Waals surface area contributed by atoms with Gasteiger partial charge in [0.05, 0.1) is 21.4 Å². The van der Waals surface area contributed by atoms with Crippen LogP contribution in [-0.2, 0) is 6.11 Å². The minimum absolute atomic E-state index is 0.00307. The fraction of sp³-hybridized carbons (Fsp3) is 0.524. The summed E-state index contributed by atoms with van der Waals surface area (Å²) in [4.78, 5) is 10.3. The van der Waals surface area contributed by atoms with Crippen molar-refractivity contribution in [2.24, 2.45) is 11.1 Å². The maximum atomic E-state index is 14.2. The summed E-state index contributed by atoms with van der Waals surface area (Å²) in [6, 6.07) is 5.04. The molecule has 0 bridgehead atoms. The molecule has 1 aromatic carbocycles. The van der Waals surface area contributed by atoms with Gasteiger partial charge in [0.25, 0.3) is 0 Å². The Hall–Kier alpha value is -1.54. The molecule has 1 aromatic heterocycles. The lowest BCUT2D eigenvalue weighted by Gasteiger charge is -2.43. The first kappa shape index (κ1) is 21.7. The van der Waals surface area contributed by atoms with Crippen molar-refractivity contribution in [3.05, 3.63) is 39.6 Å². The van der Waals surface area contributed by atoms with Crippen LogP contribution in [-0.4, -0.2) is 34.2 Å².